The van der Waals surface area contributed by atoms with Gasteiger partial charge >= 0.3 is 27.6 Å². The van der Waals surface area contributed by atoms with Crippen LogP contribution in [0.4, 0.5) is 0 Å². The van der Waals surface area contributed by atoms with Gasteiger partial charge in [0.1, 0.15) is 43.2 Å². The minimum absolute atomic E-state index is 0.0304. The second kappa shape index (κ2) is 29.6. The van der Waals surface area contributed by atoms with E-state index in [0.717, 1.165) is 32.1 Å². The van der Waals surface area contributed by atoms with Gasteiger partial charge in [0.15, 0.2) is 6.10 Å². The lowest BCUT2D eigenvalue weighted by Crippen LogP contribution is -2.64. The first-order valence-corrected chi connectivity index (χ1v) is 21.5. The first-order valence-electron chi connectivity index (χ1n) is 18.5. The second-order valence-electron chi connectivity index (χ2n) is 12.7. The summed E-state index contributed by atoms with van der Waals surface area (Å²) in [5.74, 6) is 26.6. The molecule has 0 aromatic rings. The first-order chi connectivity index (χ1) is 27.1. The fourth-order valence-electron chi connectivity index (χ4n) is 5.20. The van der Waals surface area contributed by atoms with Crippen LogP contribution >= 0.6 is 15.6 Å². The summed E-state index contributed by atoms with van der Waals surface area (Å²) < 4.78 is 48.4. The van der Waals surface area contributed by atoms with Gasteiger partial charge in [-0.05, 0) is 72.5 Å². The van der Waals surface area contributed by atoms with Crippen LogP contribution in [0.5, 0.6) is 0 Å². The summed E-state index contributed by atoms with van der Waals surface area (Å²) in [5.41, 5.74) is 0. The van der Waals surface area contributed by atoms with Crippen molar-refractivity contribution in [3.8, 4) is 71.0 Å². The molecule has 4 unspecified atom stereocenters. The molecule has 0 amide bonds. The summed E-state index contributed by atoms with van der Waals surface area (Å²) in [6, 6.07) is 0. The third kappa shape index (κ3) is 24.7. The Labute approximate surface area is 334 Å². The molecular weight excluding hydrogens is 786 g/mol. The molecule has 1 rings (SSSR count). The van der Waals surface area contributed by atoms with Crippen molar-refractivity contribution in [2.75, 3.05) is 13.2 Å². The van der Waals surface area contributed by atoms with E-state index in [0.29, 0.717) is 6.42 Å². The Morgan fingerprint density at radius 1 is 0.596 bits per heavy atom. The molecule has 0 radical (unpaired) electrons. The van der Waals surface area contributed by atoms with E-state index in [9.17, 15) is 44.0 Å². The highest BCUT2D eigenvalue weighted by molar-refractivity contribution is 7.47. The van der Waals surface area contributed by atoms with Gasteiger partial charge in [0.25, 0.3) is 0 Å². The largest absolute Gasteiger partial charge is 0.472 e. The van der Waals surface area contributed by atoms with Gasteiger partial charge in [-0.15, -0.1) is 0 Å². The molecular formula is C39H52O16P2. The van der Waals surface area contributed by atoms with Crippen molar-refractivity contribution in [1.82, 2.24) is 0 Å². The van der Waals surface area contributed by atoms with Gasteiger partial charge in [-0.3, -0.25) is 18.4 Å². The van der Waals surface area contributed by atoms with E-state index in [-0.39, 0.29) is 6.42 Å². The minimum Gasteiger partial charge on any atom is -0.456 e. The van der Waals surface area contributed by atoms with E-state index < -0.39 is 83.5 Å². The highest BCUT2D eigenvalue weighted by atomic mass is 31.2. The van der Waals surface area contributed by atoms with Gasteiger partial charge in [0.05, 0.1) is 6.61 Å². The van der Waals surface area contributed by atoms with E-state index in [1.165, 1.54) is 44.9 Å². The number of hydrogen-bond donors (Lipinski definition) is 7. The van der Waals surface area contributed by atoms with Gasteiger partial charge in [0, 0.05) is 12.3 Å². The van der Waals surface area contributed by atoms with Crippen LogP contribution in [-0.4, -0.2) is 103 Å². The van der Waals surface area contributed by atoms with Gasteiger partial charge in [-0.2, -0.15) is 0 Å². The molecule has 0 aromatic carbocycles. The van der Waals surface area contributed by atoms with Crippen molar-refractivity contribution < 1.29 is 76.9 Å². The number of rotatable bonds is 24. The molecule has 0 aromatic heterocycles. The van der Waals surface area contributed by atoms with Crippen molar-refractivity contribution in [1.29, 1.82) is 0 Å². The average molecular weight is 839 g/mol. The fraction of sp³-hybridized carbons (Fsp3) is 0.641. The van der Waals surface area contributed by atoms with Crippen molar-refractivity contribution in [2.24, 2.45) is 0 Å². The van der Waals surface area contributed by atoms with E-state index in [2.05, 4.69) is 82.5 Å². The average Bonchev–Trinajstić information content (AvgIpc) is 3.16. The van der Waals surface area contributed by atoms with Gasteiger partial charge in [0.2, 0.25) is 0 Å². The lowest BCUT2D eigenvalue weighted by molar-refractivity contribution is -0.216. The Morgan fingerprint density at radius 2 is 1.05 bits per heavy atom. The summed E-state index contributed by atoms with van der Waals surface area (Å²) in [6.07, 6.45) is -1.05. The number of phosphoric acid groups is 2. The molecule has 1 aliphatic carbocycles. The monoisotopic (exact) mass is 838 g/mol. The molecule has 0 spiro atoms. The quantitative estimate of drug-likeness (QED) is 0.0242. The molecule has 8 atom stereocenters. The Balaban J connectivity index is 2.83. The fourth-order valence-corrected chi connectivity index (χ4v) is 6.74. The lowest BCUT2D eigenvalue weighted by Gasteiger charge is -2.43. The Bertz CT molecular complexity index is 1740. The van der Waals surface area contributed by atoms with Gasteiger partial charge in [-0.25, -0.2) is 13.9 Å². The zero-order valence-electron chi connectivity index (χ0n) is 32.1. The van der Waals surface area contributed by atoms with Crippen LogP contribution in [-0.2, 0) is 41.8 Å². The highest BCUT2D eigenvalue weighted by Crippen LogP contribution is 2.49. The van der Waals surface area contributed by atoms with Crippen molar-refractivity contribution in [3.05, 3.63) is 0 Å². The van der Waals surface area contributed by atoms with Crippen molar-refractivity contribution in [3.63, 3.8) is 0 Å². The van der Waals surface area contributed by atoms with Crippen LogP contribution in [0.2, 0.25) is 0 Å². The summed E-state index contributed by atoms with van der Waals surface area (Å²) in [6.45, 7) is 2.15. The number of unbranched alkanes of at least 4 members (excludes halogenated alkanes) is 12. The predicted octanol–water partition coefficient (Wildman–Crippen LogP) is 2.40. The van der Waals surface area contributed by atoms with Crippen LogP contribution < -0.4 is 0 Å². The van der Waals surface area contributed by atoms with Crippen LogP contribution in [0, 0.1) is 71.0 Å². The molecule has 0 saturated heterocycles. The SMILES string of the molecule is CC#CC#CC#CC#CC#CC#CC(=O)OC[C@H](COP(=O)(O)OC1C(O)[C@@H](OP(=O)(O)O)C(O)[C@@H](O)[C@H]1O)OC(=O)CCCCCCCCCCCCCCC. The zero-order chi connectivity index (χ0) is 42.5. The van der Waals surface area contributed by atoms with E-state index >= 15 is 0 Å². The number of esters is 2. The molecule has 0 heterocycles. The van der Waals surface area contributed by atoms with E-state index in [1.54, 1.807) is 6.92 Å². The van der Waals surface area contributed by atoms with Crippen LogP contribution in [0.15, 0.2) is 0 Å². The number of carbonyl (C=O) groups excluding carboxylic acids is 2. The predicted molar refractivity (Wildman–Crippen MR) is 205 cm³/mol. The van der Waals surface area contributed by atoms with Crippen LogP contribution in [0.3, 0.4) is 0 Å². The molecule has 314 valence electrons. The number of aliphatic hydroxyl groups excluding tert-OH is 4. The van der Waals surface area contributed by atoms with Crippen molar-refractivity contribution in [2.45, 2.75) is 146 Å². The van der Waals surface area contributed by atoms with E-state index in [4.69, 9.17) is 28.3 Å². The van der Waals surface area contributed by atoms with Crippen molar-refractivity contribution >= 4 is 27.6 Å². The second-order valence-corrected chi connectivity index (χ2v) is 15.3. The normalized spacial score (nSPS) is 21.2. The maximum absolute atomic E-state index is 12.9. The lowest BCUT2D eigenvalue weighted by atomic mass is 9.85. The summed E-state index contributed by atoms with van der Waals surface area (Å²) in [5, 5.41) is 40.9. The molecule has 18 heteroatoms. The number of aliphatic hydroxyl groups is 4. The molecule has 1 saturated carbocycles. The molecule has 57 heavy (non-hydrogen) atoms. The molecule has 16 nitrogen and oxygen atoms in total. The van der Waals surface area contributed by atoms with Gasteiger partial charge < -0.3 is 44.6 Å². The van der Waals surface area contributed by atoms with Crippen LogP contribution in [0.1, 0.15) is 104 Å². The smallest absolute Gasteiger partial charge is 0.456 e. The minimum atomic E-state index is -5.39. The maximum atomic E-state index is 12.9. The first kappa shape index (κ1) is 51.4. The topological polar surface area (TPSA) is 256 Å². The zero-order valence-corrected chi connectivity index (χ0v) is 33.8. The van der Waals surface area contributed by atoms with Gasteiger partial charge in [-0.1, -0.05) is 89.9 Å². The third-order valence-electron chi connectivity index (χ3n) is 8.02. The Hall–Kier alpha value is -3.64. The molecule has 1 aliphatic rings. The molecule has 7 N–H and O–H groups in total. The molecule has 1 fully saturated rings. The maximum Gasteiger partial charge on any atom is 0.472 e. The Kier molecular flexibility index (Phi) is 26.6. The summed E-state index contributed by atoms with van der Waals surface area (Å²) >= 11 is 0. The number of phosphoric ester groups is 2. The number of ether oxygens (including phenoxy) is 2. The van der Waals surface area contributed by atoms with Crippen LogP contribution in [0.25, 0.3) is 0 Å². The number of hydrogen-bond acceptors (Lipinski definition) is 13. The number of carbonyl (C=O) groups is 2. The standard InChI is InChI=1S/C39H52O16P2/c1-3-5-7-9-11-13-15-16-18-20-22-24-26-28-33(41)53-31(29-51-32(40)27-25-23-21-19-17-14-12-10-8-6-4-2)30-52-57(49,50)55-39-36(44)34(42)35(43)38(37(39)45)54-56(46,47)48/h31,34-39,42-45H,3,5,7,9,11,13,15-16,18,20,22,24,26,28-30H2,1-2H3,(H,49,50)(H2,46,47,48)/t31-,34-,35?,36-,37?,38+,39?/m1/s1. The third-order valence-corrected chi connectivity index (χ3v) is 9.52. The summed E-state index contributed by atoms with van der Waals surface area (Å²) in [4.78, 5) is 53.5. The Morgan fingerprint density at radius 3 is 1.54 bits per heavy atom. The molecule has 0 bridgehead atoms. The summed E-state index contributed by atoms with van der Waals surface area (Å²) in [7, 11) is -10.8. The highest BCUT2D eigenvalue weighted by Gasteiger charge is 2.54. The molecule has 0 aliphatic heterocycles. The van der Waals surface area contributed by atoms with E-state index in [1.807, 2.05) is 0 Å².